The number of carboxylic acid groups (broad SMARTS) is 1. The van der Waals surface area contributed by atoms with Gasteiger partial charge in [0.05, 0.1) is 23.0 Å². The van der Waals surface area contributed by atoms with Gasteiger partial charge < -0.3 is 9.84 Å². The molecule has 1 atom stereocenters. The molecule has 13 heteroatoms. The minimum absolute atomic E-state index is 0.107. The lowest BCUT2D eigenvalue weighted by molar-refractivity contribution is -0.145. The summed E-state index contributed by atoms with van der Waals surface area (Å²) < 4.78 is 58.4. The quantitative estimate of drug-likeness (QED) is 0.424. The van der Waals surface area contributed by atoms with Crippen molar-refractivity contribution >= 4 is 23.5 Å². The van der Waals surface area contributed by atoms with E-state index < -0.39 is 69.7 Å². The van der Waals surface area contributed by atoms with Crippen LogP contribution in [0.3, 0.4) is 0 Å². The van der Waals surface area contributed by atoms with Gasteiger partial charge in [-0.2, -0.15) is 13.2 Å². The van der Waals surface area contributed by atoms with E-state index in [1.807, 2.05) is 0 Å². The first-order valence-corrected chi connectivity index (χ1v) is 8.45. The number of nitrogens with zero attached hydrogens (tertiary/aromatic N) is 2. The number of benzene rings is 1. The summed E-state index contributed by atoms with van der Waals surface area (Å²) in [7, 11) is 0.740. The lowest BCUT2D eigenvalue weighted by Crippen LogP contribution is -2.41. The SMILES string of the molecule is CC(CC(=O)O)C(=O)Oc1cc(-n2c(=O)cc(C(F)(F)F)n(C)c2=O)c(F)cc1Cl. The highest BCUT2D eigenvalue weighted by Crippen LogP contribution is 2.30. The number of ether oxygens (including phenoxy) is 1. The number of halogens is 5. The van der Waals surface area contributed by atoms with Crippen molar-refractivity contribution in [3.8, 4) is 11.4 Å². The number of rotatable bonds is 5. The smallest absolute Gasteiger partial charge is 0.431 e. The molecule has 2 rings (SSSR count). The predicted molar refractivity (Wildman–Crippen MR) is 94.3 cm³/mol. The molecule has 0 bridgehead atoms. The molecular formula is C17H13ClF4N2O6. The van der Waals surface area contributed by atoms with Gasteiger partial charge in [-0.1, -0.05) is 18.5 Å². The first-order valence-electron chi connectivity index (χ1n) is 8.07. The number of hydrogen-bond acceptors (Lipinski definition) is 5. The van der Waals surface area contributed by atoms with Crippen LogP contribution in [0.1, 0.15) is 19.0 Å². The van der Waals surface area contributed by atoms with E-state index >= 15 is 0 Å². The number of carbonyl (C=O) groups excluding carboxylic acids is 1. The van der Waals surface area contributed by atoms with E-state index in [1.165, 1.54) is 6.92 Å². The third-order valence-corrected chi connectivity index (χ3v) is 4.24. The highest BCUT2D eigenvalue weighted by molar-refractivity contribution is 6.32. The van der Waals surface area contributed by atoms with Crippen molar-refractivity contribution in [1.29, 1.82) is 0 Å². The van der Waals surface area contributed by atoms with Crippen molar-refractivity contribution in [2.45, 2.75) is 19.5 Å². The molecule has 1 aromatic heterocycles. The third kappa shape index (κ3) is 4.70. The lowest BCUT2D eigenvalue weighted by atomic mass is 10.1. The average molecular weight is 453 g/mol. The van der Waals surface area contributed by atoms with Gasteiger partial charge in [0.25, 0.3) is 5.56 Å². The fourth-order valence-corrected chi connectivity index (χ4v) is 2.63. The Labute approximate surface area is 169 Å². The minimum atomic E-state index is -5.01. The standard InChI is InChI=1S/C17H13ClF4N2O6/c1-7(3-14(26)27)15(28)30-11-5-10(9(19)4-8(11)18)24-13(25)6-12(17(20,21)22)23(2)16(24)29/h4-7H,3H2,1-2H3,(H,26,27). The molecule has 0 spiro atoms. The van der Waals surface area contributed by atoms with Crippen molar-refractivity contribution < 1.29 is 37.0 Å². The molecule has 1 N–H and O–H groups in total. The minimum Gasteiger partial charge on any atom is -0.481 e. The second-order valence-electron chi connectivity index (χ2n) is 6.20. The maximum absolute atomic E-state index is 14.4. The molecule has 0 fully saturated rings. The average Bonchev–Trinajstić information content (AvgIpc) is 2.60. The number of carbonyl (C=O) groups is 2. The molecule has 0 radical (unpaired) electrons. The number of alkyl halides is 3. The highest BCUT2D eigenvalue weighted by atomic mass is 35.5. The van der Waals surface area contributed by atoms with Gasteiger partial charge in [-0.05, 0) is 6.07 Å². The fourth-order valence-electron chi connectivity index (χ4n) is 2.44. The summed E-state index contributed by atoms with van der Waals surface area (Å²) in [5.74, 6) is -5.23. The van der Waals surface area contributed by atoms with Crippen LogP contribution in [0.25, 0.3) is 5.69 Å². The molecule has 0 aliphatic heterocycles. The summed E-state index contributed by atoms with van der Waals surface area (Å²) in [6.07, 6.45) is -5.59. The molecule has 1 unspecified atom stereocenters. The Balaban J connectivity index is 2.60. The number of hydrogen-bond donors (Lipinski definition) is 1. The zero-order chi connectivity index (χ0) is 23.0. The van der Waals surface area contributed by atoms with Crippen LogP contribution in [0.15, 0.2) is 27.8 Å². The molecule has 0 aliphatic carbocycles. The molecule has 0 aliphatic rings. The number of carboxylic acids is 1. The van der Waals surface area contributed by atoms with Gasteiger partial charge in [0.2, 0.25) is 0 Å². The first kappa shape index (κ1) is 23.1. The van der Waals surface area contributed by atoms with E-state index in [2.05, 4.69) is 0 Å². The second-order valence-corrected chi connectivity index (χ2v) is 6.60. The van der Waals surface area contributed by atoms with Gasteiger partial charge in [0.15, 0.2) is 5.75 Å². The van der Waals surface area contributed by atoms with Crippen molar-refractivity contribution in [3.63, 3.8) is 0 Å². The van der Waals surface area contributed by atoms with Gasteiger partial charge in [-0.15, -0.1) is 0 Å². The van der Waals surface area contributed by atoms with Crippen LogP contribution in [0.5, 0.6) is 5.75 Å². The van der Waals surface area contributed by atoms with E-state index in [4.69, 9.17) is 21.4 Å². The zero-order valence-corrected chi connectivity index (χ0v) is 16.0. The van der Waals surface area contributed by atoms with E-state index in [0.717, 1.165) is 7.05 Å². The maximum atomic E-state index is 14.4. The fraction of sp³-hybridized carbons (Fsp3) is 0.294. The third-order valence-electron chi connectivity index (χ3n) is 3.95. The monoisotopic (exact) mass is 452 g/mol. The van der Waals surface area contributed by atoms with Gasteiger partial charge >= 0.3 is 23.8 Å². The van der Waals surface area contributed by atoms with Crippen molar-refractivity contribution in [3.05, 3.63) is 55.6 Å². The van der Waals surface area contributed by atoms with Gasteiger partial charge in [-0.3, -0.25) is 19.0 Å². The first-order chi connectivity index (χ1) is 13.7. The summed E-state index contributed by atoms with van der Waals surface area (Å²) in [4.78, 5) is 47.1. The van der Waals surface area contributed by atoms with Crippen molar-refractivity contribution in [2.75, 3.05) is 0 Å². The van der Waals surface area contributed by atoms with E-state index in [-0.39, 0.29) is 15.2 Å². The van der Waals surface area contributed by atoms with E-state index in [9.17, 15) is 36.7 Å². The molecular weight excluding hydrogens is 440 g/mol. The molecule has 0 amide bonds. The molecule has 0 saturated heterocycles. The molecule has 162 valence electrons. The number of aliphatic carboxylic acids is 1. The van der Waals surface area contributed by atoms with Crippen LogP contribution in [-0.2, 0) is 22.8 Å². The Bertz CT molecular complexity index is 1140. The number of esters is 1. The molecule has 1 heterocycles. The normalized spacial score (nSPS) is 12.5. The predicted octanol–water partition coefficient (Wildman–Crippen LogP) is 2.36. The Morgan fingerprint density at radius 2 is 1.83 bits per heavy atom. The highest BCUT2D eigenvalue weighted by Gasteiger charge is 2.35. The topological polar surface area (TPSA) is 108 Å². The van der Waals surface area contributed by atoms with Gasteiger partial charge in [0, 0.05) is 19.2 Å². The summed E-state index contributed by atoms with van der Waals surface area (Å²) in [5.41, 5.74) is -5.35. The summed E-state index contributed by atoms with van der Waals surface area (Å²) in [5, 5.41) is 8.26. The molecule has 8 nitrogen and oxygen atoms in total. The van der Waals surface area contributed by atoms with Gasteiger partial charge in [0.1, 0.15) is 11.5 Å². The summed E-state index contributed by atoms with van der Waals surface area (Å²) >= 11 is 5.79. The Morgan fingerprint density at radius 1 is 1.23 bits per heavy atom. The Kier molecular flexibility index (Phi) is 6.40. The number of aromatic nitrogens is 2. The summed E-state index contributed by atoms with van der Waals surface area (Å²) in [6.45, 7) is 1.24. The van der Waals surface area contributed by atoms with Crippen LogP contribution >= 0.6 is 11.6 Å². The lowest BCUT2D eigenvalue weighted by Gasteiger charge is -2.16. The van der Waals surface area contributed by atoms with Crippen LogP contribution in [0.4, 0.5) is 17.6 Å². The maximum Gasteiger partial charge on any atom is 0.431 e. The second kappa shape index (κ2) is 8.30. The van der Waals surface area contributed by atoms with E-state index in [1.54, 1.807) is 0 Å². The molecule has 2 aromatic rings. The molecule has 1 aromatic carbocycles. The molecule has 30 heavy (non-hydrogen) atoms. The van der Waals surface area contributed by atoms with Crippen molar-refractivity contribution in [2.24, 2.45) is 13.0 Å². The van der Waals surface area contributed by atoms with E-state index in [0.29, 0.717) is 12.1 Å². The van der Waals surface area contributed by atoms with Crippen LogP contribution in [0.2, 0.25) is 5.02 Å². The zero-order valence-electron chi connectivity index (χ0n) is 15.3. The Hall–Kier alpha value is -3.15. The largest absolute Gasteiger partial charge is 0.481 e. The Morgan fingerprint density at radius 3 is 2.37 bits per heavy atom. The summed E-state index contributed by atoms with van der Waals surface area (Å²) in [6, 6.07) is 1.38. The van der Waals surface area contributed by atoms with Crippen LogP contribution in [-0.4, -0.2) is 26.2 Å². The van der Waals surface area contributed by atoms with Gasteiger partial charge in [-0.25, -0.2) is 13.8 Å². The van der Waals surface area contributed by atoms with Crippen LogP contribution < -0.4 is 16.0 Å². The van der Waals surface area contributed by atoms with Crippen LogP contribution in [0, 0.1) is 11.7 Å². The molecule has 0 saturated carbocycles. The van der Waals surface area contributed by atoms with Crippen molar-refractivity contribution in [1.82, 2.24) is 9.13 Å².